The van der Waals surface area contributed by atoms with Gasteiger partial charge in [0.25, 0.3) is 15.9 Å². The molecule has 0 radical (unpaired) electrons. The predicted octanol–water partition coefficient (Wildman–Crippen LogP) is 2.53. The largest absolute Gasteiger partial charge is 0.354 e. The number of carbonyl (C=O) groups is 1. The fourth-order valence-corrected chi connectivity index (χ4v) is 4.47. The van der Waals surface area contributed by atoms with Crippen molar-refractivity contribution in [3.8, 4) is 0 Å². The summed E-state index contributed by atoms with van der Waals surface area (Å²) in [5.41, 5.74) is 1.46. The van der Waals surface area contributed by atoms with Crippen molar-refractivity contribution < 1.29 is 13.2 Å². The van der Waals surface area contributed by atoms with Crippen LogP contribution in [0.1, 0.15) is 20.1 Å². The Morgan fingerprint density at radius 3 is 2.52 bits per heavy atom. The van der Waals surface area contributed by atoms with Gasteiger partial charge in [-0.25, -0.2) is 8.42 Å². The molecule has 0 atom stereocenters. The van der Waals surface area contributed by atoms with Crippen LogP contribution < -0.4 is 10.0 Å². The molecule has 0 saturated carbocycles. The highest BCUT2D eigenvalue weighted by Gasteiger charge is 2.22. The second-order valence-corrected chi connectivity index (χ2v) is 7.49. The summed E-state index contributed by atoms with van der Waals surface area (Å²) in [6.45, 7) is 3.57. The molecular formula is C14H16N2O3S2. The van der Waals surface area contributed by atoms with Crippen LogP contribution in [0, 0.1) is 13.8 Å². The molecule has 5 nitrogen and oxygen atoms in total. The monoisotopic (exact) mass is 324 g/mol. The van der Waals surface area contributed by atoms with Gasteiger partial charge in [-0.05, 0) is 37.6 Å². The van der Waals surface area contributed by atoms with E-state index in [1.165, 1.54) is 13.1 Å². The Morgan fingerprint density at radius 1 is 1.19 bits per heavy atom. The van der Waals surface area contributed by atoms with Crippen LogP contribution in [0.3, 0.4) is 0 Å². The van der Waals surface area contributed by atoms with E-state index in [1.54, 1.807) is 25.1 Å². The number of rotatable bonds is 4. The number of benzene rings is 1. The van der Waals surface area contributed by atoms with Gasteiger partial charge in [-0.3, -0.25) is 9.52 Å². The third-order valence-electron chi connectivity index (χ3n) is 2.88. The van der Waals surface area contributed by atoms with E-state index in [0.717, 1.165) is 16.9 Å². The lowest BCUT2D eigenvalue weighted by Crippen LogP contribution is -2.16. The lowest BCUT2D eigenvalue weighted by molar-refractivity contribution is 0.0967. The minimum atomic E-state index is -3.70. The van der Waals surface area contributed by atoms with Crippen LogP contribution in [0.15, 0.2) is 35.2 Å². The lowest BCUT2D eigenvalue weighted by atomic mass is 10.2. The summed E-state index contributed by atoms with van der Waals surface area (Å²) in [6, 6.07) is 8.50. The number of amides is 1. The summed E-state index contributed by atoms with van der Waals surface area (Å²) in [4.78, 5) is 12.7. The number of thiophene rings is 1. The van der Waals surface area contributed by atoms with Crippen LogP contribution in [0.4, 0.5) is 5.69 Å². The first-order valence-electron chi connectivity index (χ1n) is 6.25. The van der Waals surface area contributed by atoms with Crippen molar-refractivity contribution >= 4 is 33.0 Å². The summed E-state index contributed by atoms with van der Waals surface area (Å²) in [7, 11) is -2.19. The maximum atomic E-state index is 12.4. The van der Waals surface area contributed by atoms with Crippen molar-refractivity contribution in [1.29, 1.82) is 0 Å². The summed E-state index contributed by atoms with van der Waals surface area (Å²) >= 11 is 1.16. The first-order chi connectivity index (χ1) is 9.83. The quantitative estimate of drug-likeness (QED) is 0.907. The molecular weight excluding hydrogens is 308 g/mol. The standard InChI is InChI=1S/C14H16N2O3S2/c1-9-5-4-6-11(7-9)16-21(18,19)13-8-12(14(17)15-3)20-10(13)2/h4-8,16H,1-3H3,(H,15,17). The van der Waals surface area contributed by atoms with Gasteiger partial charge in [0.2, 0.25) is 0 Å². The zero-order chi connectivity index (χ0) is 15.6. The molecule has 21 heavy (non-hydrogen) atoms. The molecule has 1 amide bonds. The fourth-order valence-electron chi connectivity index (χ4n) is 1.89. The van der Waals surface area contributed by atoms with E-state index < -0.39 is 10.0 Å². The summed E-state index contributed by atoms with van der Waals surface area (Å²) in [5.74, 6) is -0.292. The van der Waals surface area contributed by atoms with Gasteiger partial charge >= 0.3 is 0 Å². The minimum Gasteiger partial charge on any atom is -0.354 e. The van der Waals surface area contributed by atoms with Gasteiger partial charge < -0.3 is 5.32 Å². The zero-order valence-corrected chi connectivity index (χ0v) is 13.6. The molecule has 0 bridgehead atoms. The Morgan fingerprint density at radius 2 is 1.90 bits per heavy atom. The van der Waals surface area contributed by atoms with E-state index in [4.69, 9.17) is 0 Å². The van der Waals surface area contributed by atoms with Crippen LogP contribution in [0.5, 0.6) is 0 Å². The van der Waals surface area contributed by atoms with Crippen LogP contribution in [-0.4, -0.2) is 21.4 Å². The minimum absolute atomic E-state index is 0.132. The third kappa shape index (κ3) is 3.43. The van der Waals surface area contributed by atoms with Crippen LogP contribution in [-0.2, 0) is 10.0 Å². The Hall–Kier alpha value is -1.86. The lowest BCUT2D eigenvalue weighted by Gasteiger charge is -2.08. The average Bonchev–Trinajstić information content (AvgIpc) is 2.80. The predicted molar refractivity (Wildman–Crippen MR) is 84.4 cm³/mol. The van der Waals surface area contributed by atoms with Gasteiger partial charge in [0.15, 0.2) is 0 Å². The first kappa shape index (κ1) is 15.5. The molecule has 0 spiro atoms. The van der Waals surface area contributed by atoms with Crippen LogP contribution in [0.25, 0.3) is 0 Å². The Labute approximate surface area is 128 Å². The maximum Gasteiger partial charge on any atom is 0.263 e. The SMILES string of the molecule is CNC(=O)c1cc(S(=O)(=O)Nc2cccc(C)c2)c(C)s1. The van der Waals surface area contributed by atoms with Gasteiger partial charge in [-0.15, -0.1) is 11.3 Å². The van der Waals surface area contributed by atoms with E-state index in [9.17, 15) is 13.2 Å². The van der Waals surface area contributed by atoms with Gasteiger partial charge in [0, 0.05) is 17.6 Å². The molecule has 0 unspecified atom stereocenters. The van der Waals surface area contributed by atoms with Crippen molar-refractivity contribution in [3.05, 3.63) is 45.6 Å². The Balaban J connectivity index is 2.36. The number of sulfonamides is 1. The highest BCUT2D eigenvalue weighted by atomic mass is 32.2. The number of aryl methyl sites for hydroxylation is 2. The van der Waals surface area contributed by atoms with Crippen molar-refractivity contribution in [1.82, 2.24) is 5.32 Å². The van der Waals surface area contributed by atoms with Crippen molar-refractivity contribution in [2.24, 2.45) is 0 Å². The number of hydrogen-bond acceptors (Lipinski definition) is 4. The zero-order valence-electron chi connectivity index (χ0n) is 11.9. The summed E-state index contributed by atoms with van der Waals surface area (Å²) in [6.07, 6.45) is 0. The maximum absolute atomic E-state index is 12.4. The molecule has 0 fully saturated rings. The van der Waals surface area contributed by atoms with E-state index >= 15 is 0 Å². The van der Waals surface area contributed by atoms with Crippen molar-refractivity contribution in [2.75, 3.05) is 11.8 Å². The fraction of sp³-hybridized carbons (Fsp3) is 0.214. The molecule has 1 heterocycles. The Bertz CT molecular complexity index is 779. The number of nitrogens with one attached hydrogen (secondary N) is 2. The number of carbonyl (C=O) groups excluding carboxylic acids is 1. The second kappa shape index (κ2) is 5.87. The second-order valence-electron chi connectivity index (χ2n) is 4.59. The highest BCUT2D eigenvalue weighted by Crippen LogP contribution is 2.27. The third-order valence-corrected chi connectivity index (χ3v) is 5.57. The van der Waals surface area contributed by atoms with E-state index in [0.29, 0.717) is 15.4 Å². The summed E-state index contributed by atoms with van der Waals surface area (Å²) in [5, 5.41) is 2.49. The van der Waals surface area contributed by atoms with E-state index in [2.05, 4.69) is 10.0 Å². The molecule has 0 aliphatic rings. The molecule has 2 rings (SSSR count). The topological polar surface area (TPSA) is 75.3 Å². The van der Waals surface area contributed by atoms with Gasteiger partial charge in [0.05, 0.1) is 4.88 Å². The van der Waals surface area contributed by atoms with Crippen molar-refractivity contribution in [3.63, 3.8) is 0 Å². The molecule has 0 aliphatic heterocycles. The van der Waals surface area contributed by atoms with E-state index in [-0.39, 0.29) is 10.8 Å². The van der Waals surface area contributed by atoms with Gasteiger partial charge in [0.1, 0.15) is 4.90 Å². The van der Waals surface area contributed by atoms with Crippen LogP contribution >= 0.6 is 11.3 Å². The number of anilines is 1. The molecule has 0 saturated heterocycles. The first-order valence-corrected chi connectivity index (χ1v) is 8.55. The van der Waals surface area contributed by atoms with Crippen molar-refractivity contribution in [2.45, 2.75) is 18.7 Å². The molecule has 112 valence electrons. The van der Waals surface area contributed by atoms with Gasteiger partial charge in [-0.1, -0.05) is 12.1 Å². The number of hydrogen-bond donors (Lipinski definition) is 2. The average molecular weight is 324 g/mol. The highest BCUT2D eigenvalue weighted by molar-refractivity contribution is 7.93. The molecule has 7 heteroatoms. The van der Waals surface area contributed by atoms with E-state index in [1.807, 2.05) is 13.0 Å². The smallest absolute Gasteiger partial charge is 0.263 e. The molecule has 1 aromatic carbocycles. The van der Waals surface area contributed by atoms with Crippen LogP contribution in [0.2, 0.25) is 0 Å². The molecule has 1 aromatic heterocycles. The Kier molecular flexibility index (Phi) is 4.34. The molecule has 2 N–H and O–H groups in total. The molecule has 0 aliphatic carbocycles. The molecule has 2 aromatic rings. The van der Waals surface area contributed by atoms with Gasteiger partial charge in [-0.2, -0.15) is 0 Å². The summed E-state index contributed by atoms with van der Waals surface area (Å²) < 4.78 is 27.4. The normalized spacial score (nSPS) is 11.2.